The van der Waals surface area contributed by atoms with Crippen LogP contribution in [0.2, 0.25) is 0 Å². The van der Waals surface area contributed by atoms with Gasteiger partial charge in [0.15, 0.2) is 0 Å². The molecule has 84 valence electrons. The first-order valence-corrected chi connectivity index (χ1v) is 5.42. The van der Waals surface area contributed by atoms with Gasteiger partial charge in [0.2, 0.25) is 0 Å². The van der Waals surface area contributed by atoms with Gasteiger partial charge in [-0.05, 0) is 47.5 Å². The molecule has 0 amide bonds. The van der Waals surface area contributed by atoms with Crippen LogP contribution in [0.5, 0.6) is 0 Å². The second kappa shape index (κ2) is 3.47. The highest BCUT2D eigenvalue weighted by molar-refractivity contribution is 5.12. The van der Waals surface area contributed by atoms with Crippen LogP contribution in [0.15, 0.2) is 0 Å². The molecule has 0 aromatic heterocycles. The topological polar surface area (TPSA) is 44.3 Å². The number of hydrogen-bond acceptors (Lipinski definition) is 3. The van der Waals surface area contributed by atoms with Crippen molar-refractivity contribution in [2.75, 3.05) is 6.61 Å². The van der Waals surface area contributed by atoms with Gasteiger partial charge in [-0.1, -0.05) is 0 Å². The van der Waals surface area contributed by atoms with E-state index in [1.54, 1.807) is 0 Å². The maximum Gasteiger partial charge on any atom is 0.0668 e. The highest BCUT2D eigenvalue weighted by Gasteiger charge is 2.50. The first-order valence-electron chi connectivity index (χ1n) is 5.42. The minimum absolute atomic E-state index is 0.0459. The van der Waals surface area contributed by atoms with Crippen molar-refractivity contribution in [3.8, 4) is 0 Å². The molecule has 0 radical (unpaired) electrons. The number of rotatable bonds is 3. The van der Waals surface area contributed by atoms with Crippen LogP contribution in [0.1, 0.15) is 47.5 Å². The molecule has 1 fully saturated rings. The summed E-state index contributed by atoms with van der Waals surface area (Å²) in [5.74, 6) is 0. The Bertz CT molecular complexity index is 195. The standard InChI is InChI=1S/C11H24N2O/c1-9(2)10(3,4)13-11(5,12-9)7-6-8-14/h12-14H,6-8H2,1-5H3. The maximum atomic E-state index is 8.85. The number of hydrogen-bond donors (Lipinski definition) is 3. The number of aliphatic hydroxyl groups is 1. The predicted octanol–water partition coefficient (Wildman–Crippen LogP) is 1.23. The van der Waals surface area contributed by atoms with E-state index in [1.807, 2.05) is 0 Å². The van der Waals surface area contributed by atoms with E-state index in [2.05, 4.69) is 45.3 Å². The molecule has 0 aromatic rings. The fraction of sp³-hybridized carbons (Fsp3) is 1.00. The monoisotopic (exact) mass is 200 g/mol. The van der Waals surface area contributed by atoms with E-state index < -0.39 is 0 Å². The van der Waals surface area contributed by atoms with Crippen molar-refractivity contribution in [1.82, 2.24) is 10.6 Å². The Balaban J connectivity index is 2.70. The lowest BCUT2D eigenvalue weighted by molar-refractivity contribution is 0.237. The van der Waals surface area contributed by atoms with Gasteiger partial charge in [-0.3, -0.25) is 10.6 Å². The van der Waals surface area contributed by atoms with E-state index in [9.17, 15) is 0 Å². The minimum atomic E-state index is -0.0459. The second-order valence-corrected chi connectivity index (χ2v) is 5.66. The van der Waals surface area contributed by atoms with E-state index in [4.69, 9.17) is 5.11 Å². The highest BCUT2D eigenvalue weighted by atomic mass is 16.2. The summed E-state index contributed by atoms with van der Waals surface area (Å²) in [5.41, 5.74) is 0.115. The van der Waals surface area contributed by atoms with Crippen LogP contribution in [0.4, 0.5) is 0 Å². The Hall–Kier alpha value is -0.120. The molecule has 1 saturated heterocycles. The number of aliphatic hydroxyl groups excluding tert-OH is 1. The molecule has 3 heteroatoms. The molecule has 1 aliphatic heterocycles. The molecule has 14 heavy (non-hydrogen) atoms. The largest absolute Gasteiger partial charge is 0.396 e. The average molecular weight is 200 g/mol. The zero-order valence-electron chi connectivity index (χ0n) is 10.1. The van der Waals surface area contributed by atoms with Crippen LogP contribution in [0, 0.1) is 0 Å². The molecule has 0 unspecified atom stereocenters. The van der Waals surface area contributed by atoms with Crippen molar-refractivity contribution in [2.24, 2.45) is 0 Å². The molecular formula is C11H24N2O. The molecule has 1 heterocycles. The van der Waals surface area contributed by atoms with E-state index in [-0.39, 0.29) is 23.3 Å². The summed E-state index contributed by atoms with van der Waals surface area (Å²) in [7, 11) is 0. The SMILES string of the molecule is CC1(CCCO)NC(C)(C)C(C)(C)N1. The third kappa shape index (κ3) is 2.10. The summed E-state index contributed by atoms with van der Waals surface area (Å²) in [4.78, 5) is 0. The quantitative estimate of drug-likeness (QED) is 0.642. The summed E-state index contributed by atoms with van der Waals surface area (Å²) in [5, 5.41) is 16.1. The summed E-state index contributed by atoms with van der Waals surface area (Å²) >= 11 is 0. The molecule has 0 bridgehead atoms. The second-order valence-electron chi connectivity index (χ2n) is 5.66. The van der Waals surface area contributed by atoms with Crippen LogP contribution in [0.25, 0.3) is 0 Å². The Morgan fingerprint density at radius 3 is 1.71 bits per heavy atom. The van der Waals surface area contributed by atoms with Crippen molar-refractivity contribution in [1.29, 1.82) is 0 Å². The zero-order valence-corrected chi connectivity index (χ0v) is 10.1. The molecule has 0 saturated carbocycles. The van der Waals surface area contributed by atoms with Gasteiger partial charge < -0.3 is 5.11 Å². The fourth-order valence-corrected chi connectivity index (χ4v) is 2.28. The Kier molecular flexibility index (Phi) is 2.96. The first kappa shape index (κ1) is 12.0. The molecule has 0 atom stereocenters. The van der Waals surface area contributed by atoms with Crippen molar-refractivity contribution in [3.63, 3.8) is 0 Å². The van der Waals surface area contributed by atoms with Crippen molar-refractivity contribution in [3.05, 3.63) is 0 Å². The normalized spacial score (nSPS) is 27.9. The predicted molar refractivity (Wildman–Crippen MR) is 59.2 cm³/mol. The van der Waals surface area contributed by atoms with Gasteiger partial charge in [-0.15, -0.1) is 0 Å². The third-order valence-electron chi connectivity index (χ3n) is 3.57. The fourth-order valence-electron chi connectivity index (χ4n) is 2.28. The highest BCUT2D eigenvalue weighted by Crippen LogP contribution is 2.33. The van der Waals surface area contributed by atoms with Crippen LogP contribution in [-0.4, -0.2) is 28.5 Å². The van der Waals surface area contributed by atoms with Crippen molar-refractivity contribution < 1.29 is 5.11 Å². The van der Waals surface area contributed by atoms with Gasteiger partial charge in [-0.25, -0.2) is 0 Å². The lowest BCUT2D eigenvalue weighted by Gasteiger charge is -2.33. The Morgan fingerprint density at radius 1 is 0.929 bits per heavy atom. The van der Waals surface area contributed by atoms with E-state index in [0.29, 0.717) is 0 Å². The summed E-state index contributed by atoms with van der Waals surface area (Å²) in [6, 6.07) is 0. The van der Waals surface area contributed by atoms with Gasteiger partial charge in [0, 0.05) is 17.7 Å². The lowest BCUT2D eigenvalue weighted by atomic mass is 9.85. The molecular weight excluding hydrogens is 176 g/mol. The van der Waals surface area contributed by atoms with Crippen LogP contribution in [-0.2, 0) is 0 Å². The maximum absolute atomic E-state index is 8.85. The summed E-state index contributed by atoms with van der Waals surface area (Å²) in [6.45, 7) is 11.3. The van der Waals surface area contributed by atoms with Crippen LogP contribution in [0.3, 0.4) is 0 Å². The van der Waals surface area contributed by atoms with Gasteiger partial charge in [0.1, 0.15) is 0 Å². The molecule has 3 nitrogen and oxygen atoms in total. The molecule has 0 aliphatic carbocycles. The van der Waals surface area contributed by atoms with E-state index in [1.165, 1.54) is 0 Å². The average Bonchev–Trinajstić information content (AvgIpc) is 2.13. The molecule has 0 aromatic carbocycles. The first-order chi connectivity index (χ1) is 6.22. The van der Waals surface area contributed by atoms with Crippen LogP contribution < -0.4 is 10.6 Å². The summed E-state index contributed by atoms with van der Waals surface area (Å²) in [6.07, 6.45) is 1.79. The molecule has 0 spiro atoms. The van der Waals surface area contributed by atoms with Gasteiger partial charge in [0.05, 0.1) is 5.66 Å². The number of nitrogens with one attached hydrogen (secondary N) is 2. The van der Waals surface area contributed by atoms with Crippen molar-refractivity contribution >= 4 is 0 Å². The third-order valence-corrected chi connectivity index (χ3v) is 3.57. The molecule has 1 aliphatic rings. The Labute approximate surface area is 87.3 Å². The van der Waals surface area contributed by atoms with Crippen molar-refractivity contribution in [2.45, 2.75) is 64.2 Å². The van der Waals surface area contributed by atoms with E-state index in [0.717, 1.165) is 12.8 Å². The van der Waals surface area contributed by atoms with E-state index >= 15 is 0 Å². The van der Waals surface area contributed by atoms with Crippen LogP contribution >= 0.6 is 0 Å². The Morgan fingerprint density at radius 2 is 1.36 bits per heavy atom. The zero-order chi connectivity index (χ0) is 11.0. The van der Waals surface area contributed by atoms with Gasteiger partial charge in [-0.2, -0.15) is 0 Å². The smallest absolute Gasteiger partial charge is 0.0668 e. The minimum Gasteiger partial charge on any atom is -0.396 e. The molecule has 3 N–H and O–H groups in total. The van der Waals surface area contributed by atoms with Gasteiger partial charge in [0.25, 0.3) is 0 Å². The van der Waals surface area contributed by atoms with Gasteiger partial charge >= 0.3 is 0 Å². The molecule has 1 rings (SSSR count). The summed E-state index contributed by atoms with van der Waals surface area (Å²) < 4.78 is 0. The lowest BCUT2D eigenvalue weighted by Crippen LogP contribution is -2.51.